The van der Waals surface area contributed by atoms with E-state index in [1.807, 2.05) is 76.2 Å². The Morgan fingerprint density at radius 1 is 1.00 bits per heavy atom. The molecule has 6 nitrogen and oxygen atoms in total. The Morgan fingerprint density at radius 2 is 1.76 bits per heavy atom. The minimum atomic E-state index is -0.502. The Bertz CT molecular complexity index is 1340. The van der Waals surface area contributed by atoms with Crippen LogP contribution in [-0.4, -0.2) is 28.6 Å². The molecule has 1 aliphatic rings. The van der Waals surface area contributed by atoms with E-state index in [2.05, 4.69) is 9.88 Å². The number of carbonyl (C=O) groups is 2. The zero-order valence-electron chi connectivity index (χ0n) is 19.2. The number of nitrogens with zero attached hydrogens (tertiary/aromatic N) is 2. The van der Waals surface area contributed by atoms with E-state index in [4.69, 9.17) is 17.0 Å². The van der Waals surface area contributed by atoms with Crippen LogP contribution in [0.3, 0.4) is 0 Å². The van der Waals surface area contributed by atoms with Gasteiger partial charge >= 0.3 is 0 Å². The second-order valence-corrected chi connectivity index (χ2v) is 8.50. The van der Waals surface area contributed by atoms with Crippen LogP contribution in [0.15, 0.2) is 54.1 Å². The number of thiocarbonyl (C=S) groups is 1. The molecular formula is C26H25N3O3S. The lowest BCUT2D eigenvalue weighted by Crippen LogP contribution is -2.54. The fourth-order valence-corrected chi connectivity index (χ4v) is 4.35. The van der Waals surface area contributed by atoms with Crippen molar-refractivity contribution >= 4 is 40.9 Å². The SMILES string of the molecule is COc1cccc(-n2c(C)cc(/C=C3/C(=O)NC(=S)N(c4cc(C)ccc4C)C3=O)c2C)c1. The van der Waals surface area contributed by atoms with Gasteiger partial charge in [0.05, 0.1) is 12.8 Å². The highest BCUT2D eigenvalue weighted by atomic mass is 32.1. The third kappa shape index (κ3) is 4.07. The summed E-state index contributed by atoms with van der Waals surface area (Å²) in [6.45, 7) is 7.79. The number of nitrogens with one attached hydrogen (secondary N) is 1. The predicted octanol–water partition coefficient (Wildman–Crippen LogP) is 4.55. The Kier molecular flexibility index (Phi) is 5.91. The Balaban J connectivity index is 1.78. The molecular weight excluding hydrogens is 434 g/mol. The molecule has 1 saturated heterocycles. The van der Waals surface area contributed by atoms with E-state index >= 15 is 0 Å². The van der Waals surface area contributed by atoms with E-state index < -0.39 is 11.8 Å². The second-order valence-electron chi connectivity index (χ2n) is 8.11. The number of hydrogen-bond acceptors (Lipinski definition) is 4. The van der Waals surface area contributed by atoms with E-state index in [0.717, 1.165) is 39.5 Å². The molecule has 1 N–H and O–H groups in total. The first kappa shape index (κ1) is 22.5. The topological polar surface area (TPSA) is 63.6 Å². The molecule has 2 heterocycles. The summed E-state index contributed by atoms with van der Waals surface area (Å²) in [5.41, 5.74) is 6.18. The number of ether oxygens (including phenoxy) is 1. The first-order chi connectivity index (χ1) is 15.7. The third-order valence-electron chi connectivity index (χ3n) is 5.79. The van der Waals surface area contributed by atoms with E-state index in [0.29, 0.717) is 5.69 Å². The molecule has 2 aromatic carbocycles. The zero-order valence-corrected chi connectivity index (χ0v) is 20.0. The largest absolute Gasteiger partial charge is 0.497 e. The summed E-state index contributed by atoms with van der Waals surface area (Å²) in [5, 5.41) is 2.75. The van der Waals surface area contributed by atoms with Crippen LogP contribution in [0.5, 0.6) is 5.75 Å². The number of aromatic nitrogens is 1. The Labute approximate surface area is 198 Å². The van der Waals surface area contributed by atoms with Gasteiger partial charge in [0, 0.05) is 23.1 Å². The molecule has 0 unspecified atom stereocenters. The number of anilines is 1. The van der Waals surface area contributed by atoms with Gasteiger partial charge in [0.15, 0.2) is 5.11 Å². The maximum absolute atomic E-state index is 13.5. The monoisotopic (exact) mass is 459 g/mol. The van der Waals surface area contributed by atoms with Gasteiger partial charge in [0.25, 0.3) is 11.8 Å². The summed E-state index contributed by atoms with van der Waals surface area (Å²) < 4.78 is 7.42. The number of rotatable bonds is 4. The minimum absolute atomic E-state index is 0.0374. The highest BCUT2D eigenvalue weighted by molar-refractivity contribution is 7.80. The standard InChI is InChI=1S/C26H25N3O3S/c1-15-9-10-16(2)23(11-15)29-25(31)22(24(30)27-26(29)33)13-19-12-17(3)28(18(19)4)20-7-6-8-21(14-20)32-5/h6-14H,1-5H3,(H,27,30,33)/b22-13-. The van der Waals surface area contributed by atoms with Crippen molar-refractivity contribution in [2.45, 2.75) is 27.7 Å². The lowest BCUT2D eigenvalue weighted by molar-refractivity contribution is -0.122. The van der Waals surface area contributed by atoms with E-state index in [1.54, 1.807) is 13.2 Å². The molecule has 0 saturated carbocycles. The molecule has 0 aliphatic carbocycles. The lowest BCUT2D eigenvalue weighted by Gasteiger charge is -2.30. The number of carbonyl (C=O) groups excluding carboxylic acids is 2. The van der Waals surface area contributed by atoms with Crippen LogP contribution in [-0.2, 0) is 9.59 Å². The lowest BCUT2D eigenvalue weighted by atomic mass is 10.0. The Morgan fingerprint density at radius 3 is 2.48 bits per heavy atom. The van der Waals surface area contributed by atoms with Gasteiger partial charge < -0.3 is 9.30 Å². The number of hydrogen-bond donors (Lipinski definition) is 1. The van der Waals surface area contributed by atoms with Crippen molar-refractivity contribution in [2.24, 2.45) is 0 Å². The Hall–Kier alpha value is -3.71. The van der Waals surface area contributed by atoms with Crippen LogP contribution in [0.1, 0.15) is 28.1 Å². The number of methoxy groups -OCH3 is 1. The summed E-state index contributed by atoms with van der Waals surface area (Å²) in [4.78, 5) is 27.6. The summed E-state index contributed by atoms with van der Waals surface area (Å²) in [6, 6.07) is 15.5. The smallest absolute Gasteiger partial charge is 0.270 e. The molecule has 33 heavy (non-hydrogen) atoms. The molecule has 1 aliphatic heterocycles. The van der Waals surface area contributed by atoms with Crippen LogP contribution in [0, 0.1) is 27.7 Å². The molecule has 0 atom stereocenters. The van der Waals surface area contributed by atoms with E-state index in [1.165, 1.54) is 4.90 Å². The molecule has 1 aromatic heterocycles. The van der Waals surface area contributed by atoms with E-state index in [9.17, 15) is 9.59 Å². The van der Waals surface area contributed by atoms with Crippen LogP contribution in [0.4, 0.5) is 5.69 Å². The van der Waals surface area contributed by atoms with Gasteiger partial charge in [0.2, 0.25) is 0 Å². The number of aryl methyl sites for hydroxylation is 3. The summed E-state index contributed by atoms with van der Waals surface area (Å²) in [6.07, 6.45) is 1.64. The van der Waals surface area contributed by atoms with E-state index in [-0.39, 0.29) is 10.7 Å². The van der Waals surface area contributed by atoms with Gasteiger partial charge in [-0.1, -0.05) is 18.2 Å². The minimum Gasteiger partial charge on any atom is -0.497 e. The van der Waals surface area contributed by atoms with Gasteiger partial charge in [-0.15, -0.1) is 0 Å². The molecule has 0 spiro atoms. The van der Waals surface area contributed by atoms with Gasteiger partial charge in [-0.25, -0.2) is 0 Å². The first-order valence-electron chi connectivity index (χ1n) is 10.5. The molecule has 7 heteroatoms. The van der Waals surface area contributed by atoms with Crippen molar-refractivity contribution in [3.63, 3.8) is 0 Å². The summed E-state index contributed by atoms with van der Waals surface area (Å²) in [5.74, 6) is -0.194. The highest BCUT2D eigenvalue weighted by Gasteiger charge is 2.35. The van der Waals surface area contributed by atoms with Crippen molar-refractivity contribution in [3.8, 4) is 11.4 Å². The fraction of sp³-hybridized carbons (Fsp3) is 0.192. The molecule has 3 aromatic rings. The van der Waals surface area contributed by atoms with Crippen LogP contribution in [0.2, 0.25) is 0 Å². The second kappa shape index (κ2) is 8.67. The maximum atomic E-state index is 13.5. The number of benzene rings is 2. The maximum Gasteiger partial charge on any atom is 0.270 e. The zero-order chi connectivity index (χ0) is 23.9. The summed E-state index contributed by atoms with van der Waals surface area (Å²) >= 11 is 5.35. The van der Waals surface area contributed by atoms with Gasteiger partial charge in [0.1, 0.15) is 11.3 Å². The van der Waals surface area contributed by atoms with Gasteiger partial charge in [-0.05, 0) is 86.9 Å². The van der Waals surface area contributed by atoms with Crippen LogP contribution < -0.4 is 15.0 Å². The van der Waals surface area contributed by atoms with Crippen molar-refractivity contribution in [1.82, 2.24) is 9.88 Å². The van der Waals surface area contributed by atoms with Gasteiger partial charge in [-0.3, -0.25) is 19.8 Å². The molecule has 0 radical (unpaired) electrons. The molecule has 0 bridgehead atoms. The average molecular weight is 460 g/mol. The van der Waals surface area contributed by atoms with Gasteiger partial charge in [-0.2, -0.15) is 0 Å². The summed E-state index contributed by atoms with van der Waals surface area (Å²) in [7, 11) is 1.63. The van der Waals surface area contributed by atoms with Crippen molar-refractivity contribution < 1.29 is 14.3 Å². The molecule has 1 fully saturated rings. The van der Waals surface area contributed by atoms with Crippen LogP contribution >= 0.6 is 12.2 Å². The quantitative estimate of drug-likeness (QED) is 0.353. The molecule has 2 amide bonds. The van der Waals surface area contributed by atoms with Crippen molar-refractivity contribution in [1.29, 1.82) is 0 Å². The predicted molar refractivity (Wildman–Crippen MR) is 134 cm³/mol. The average Bonchev–Trinajstić information content (AvgIpc) is 3.06. The molecule has 4 rings (SSSR count). The van der Waals surface area contributed by atoms with Crippen molar-refractivity contribution in [2.75, 3.05) is 12.0 Å². The van der Waals surface area contributed by atoms with Crippen molar-refractivity contribution in [3.05, 3.63) is 82.2 Å². The molecule has 168 valence electrons. The fourth-order valence-electron chi connectivity index (χ4n) is 4.07. The van der Waals surface area contributed by atoms with Crippen LogP contribution in [0.25, 0.3) is 11.8 Å². The normalized spacial score (nSPS) is 15.2. The third-order valence-corrected chi connectivity index (χ3v) is 6.07. The highest BCUT2D eigenvalue weighted by Crippen LogP contribution is 2.29. The number of amides is 2. The first-order valence-corrected chi connectivity index (χ1v) is 10.9.